The van der Waals surface area contributed by atoms with Crippen LogP contribution in [0, 0.1) is 0 Å². The van der Waals surface area contributed by atoms with Crippen molar-refractivity contribution < 1.29 is 9.90 Å². The summed E-state index contributed by atoms with van der Waals surface area (Å²) >= 11 is 5.89. The molecule has 118 valence electrons. The van der Waals surface area contributed by atoms with E-state index in [1.54, 1.807) is 0 Å². The maximum atomic E-state index is 12.0. The lowest BCUT2D eigenvalue weighted by Crippen LogP contribution is -2.45. The SMILES string of the molecule is CC(C)(CNC(=O)C1CC(O)CN1)c1ccc(Cl)cc1.Cl. The number of carbonyl (C=O) groups is 1. The van der Waals surface area contributed by atoms with Crippen molar-refractivity contribution in [2.75, 3.05) is 13.1 Å². The third-order valence-corrected chi connectivity index (χ3v) is 4.01. The van der Waals surface area contributed by atoms with Gasteiger partial charge in [-0.1, -0.05) is 37.6 Å². The molecule has 0 saturated carbocycles. The normalized spacial score (nSPS) is 21.7. The second-order valence-electron chi connectivity index (χ2n) is 5.96. The number of rotatable bonds is 4. The number of carbonyl (C=O) groups excluding carboxylic acids is 1. The van der Waals surface area contributed by atoms with E-state index < -0.39 is 6.10 Å². The first-order valence-electron chi connectivity index (χ1n) is 6.84. The van der Waals surface area contributed by atoms with Crippen molar-refractivity contribution in [2.45, 2.75) is 37.8 Å². The van der Waals surface area contributed by atoms with Crippen LogP contribution in [0.5, 0.6) is 0 Å². The van der Waals surface area contributed by atoms with Gasteiger partial charge in [0.1, 0.15) is 0 Å². The highest BCUT2D eigenvalue weighted by Crippen LogP contribution is 2.24. The quantitative estimate of drug-likeness (QED) is 0.788. The Bertz CT molecular complexity index is 477. The molecule has 3 N–H and O–H groups in total. The zero-order valence-electron chi connectivity index (χ0n) is 12.2. The largest absolute Gasteiger partial charge is 0.392 e. The van der Waals surface area contributed by atoms with Crippen LogP contribution < -0.4 is 10.6 Å². The Morgan fingerprint density at radius 2 is 2.05 bits per heavy atom. The summed E-state index contributed by atoms with van der Waals surface area (Å²) in [6, 6.07) is 7.38. The van der Waals surface area contributed by atoms with Crippen molar-refractivity contribution in [3.8, 4) is 0 Å². The summed E-state index contributed by atoms with van der Waals surface area (Å²) < 4.78 is 0. The van der Waals surface area contributed by atoms with Crippen LogP contribution >= 0.6 is 24.0 Å². The maximum Gasteiger partial charge on any atom is 0.237 e. The summed E-state index contributed by atoms with van der Waals surface area (Å²) in [5.74, 6) is -0.0522. The van der Waals surface area contributed by atoms with Crippen LogP contribution in [0.3, 0.4) is 0 Å². The second kappa shape index (κ2) is 7.45. The van der Waals surface area contributed by atoms with Crippen molar-refractivity contribution in [1.29, 1.82) is 0 Å². The predicted octanol–water partition coefficient (Wildman–Crippen LogP) is 1.88. The first kappa shape index (κ1) is 18.2. The van der Waals surface area contributed by atoms with E-state index >= 15 is 0 Å². The number of aliphatic hydroxyl groups excluding tert-OH is 1. The molecule has 0 bridgehead atoms. The molecular weight excluding hydrogens is 311 g/mol. The molecule has 1 aromatic rings. The molecule has 2 rings (SSSR count). The fourth-order valence-electron chi connectivity index (χ4n) is 2.35. The average Bonchev–Trinajstić information content (AvgIpc) is 2.83. The van der Waals surface area contributed by atoms with Gasteiger partial charge in [-0.05, 0) is 24.1 Å². The van der Waals surface area contributed by atoms with Crippen LogP contribution in [0.1, 0.15) is 25.8 Å². The van der Waals surface area contributed by atoms with Crippen molar-refractivity contribution in [3.63, 3.8) is 0 Å². The monoisotopic (exact) mass is 332 g/mol. The van der Waals surface area contributed by atoms with Crippen LogP contribution in [-0.2, 0) is 10.2 Å². The Morgan fingerprint density at radius 3 is 2.57 bits per heavy atom. The highest BCUT2D eigenvalue weighted by Gasteiger charge is 2.29. The summed E-state index contributed by atoms with van der Waals surface area (Å²) in [6.07, 6.45) is 0.0581. The van der Waals surface area contributed by atoms with Crippen molar-refractivity contribution in [2.24, 2.45) is 0 Å². The van der Waals surface area contributed by atoms with E-state index in [0.29, 0.717) is 24.5 Å². The fraction of sp³-hybridized carbons (Fsp3) is 0.533. The maximum absolute atomic E-state index is 12.0. The van der Waals surface area contributed by atoms with Gasteiger partial charge in [0.15, 0.2) is 0 Å². The molecule has 0 spiro atoms. The molecule has 21 heavy (non-hydrogen) atoms. The Kier molecular flexibility index (Phi) is 6.47. The van der Waals surface area contributed by atoms with Gasteiger partial charge in [0.2, 0.25) is 5.91 Å². The lowest BCUT2D eigenvalue weighted by molar-refractivity contribution is -0.123. The molecule has 2 atom stereocenters. The summed E-state index contributed by atoms with van der Waals surface area (Å²) in [5, 5.41) is 16.1. The molecule has 1 aliphatic heterocycles. The average molecular weight is 333 g/mol. The number of aliphatic hydroxyl groups is 1. The summed E-state index contributed by atoms with van der Waals surface area (Å²) in [5.41, 5.74) is 0.957. The van der Waals surface area contributed by atoms with Gasteiger partial charge in [0.25, 0.3) is 0 Å². The molecule has 0 aromatic heterocycles. The van der Waals surface area contributed by atoms with E-state index in [-0.39, 0.29) is 29.8 Å². The molecule has 1 aliphatic rings. The molecule has 1 saturated heterocycles. The van der Waals surface area contributed by atoms with Gasteiger partial charge in [-0.2, -0.15) is 0 Å². The number of nitrogens with one attached hydrogen (secondary N) is 2. The van der Waals surface area contributed by atoms with Crippen LogP contribution in [0.15, 0.2) is 24.3 Å². The van der Waals surface area contributed by atoms with Gasteiger partial charge in [0.05, 0.1) is 12.1 Å². The van der Waals surface area contributed by atoms with Crippen molar-refractivity contribution >= 4 is 29.9 Å². The van der Waals surface area contributed by atoms with E-state index in [2.05, 4.69) is 24.5 Å². The summed E-state index contributed by atoms with van der Waals surface area (Å²) in [6.45, 7) is 5.18. The topological polar surface area (TPSA) is 61.4 Å². The molecule has 0 aliphatic carbocycles. The molecular formula is C15H22Cl2N2O2. The van der Waals surface area contributed by atoms with E-state index in [1.807, 2.05) is 24.3 Å². The van der Waals surface area contributed by atoms with Crippen LogP contribution in [0.2, 0.25) is 5.02 Å². The van der Waals surface area contributed by atoms with Crippen molar-refractivity contribution in [1.82, 2.24) is 10.6 Å². The Balaban J connectivity index is 0.00000220. The molecule has 6 heteroatoms. The van der Waals surface area contributed by atoms with Gasteiger partial charge in [-0.15, -0.1) is 12.4 Å². The number of benzene rings is 1. The standard InChI is InChI=1S/C15H21ClN2O2.ClH/c1-15(2,10-3-5-11(16)6-4-10)9-18-14(20)13-7-12(19)8-17-13;/h3-6,12-13,17,19H,7-9H2,1-2H3,(H,18,20);1H. The molecule has 1 amide bonds. The van der Waals surface area contributed by atoms with Crippen LogP contribution in [-0.4, -0.2) is 36.2 Å². The number of halogens is 2. The highest BCUT2D eigenvalue weighted by molar-refractivity contribution is 6.30. The van der Waals surface area contributed by atoms with Gasteiger partial charge in [-0.3, -0.25) is 4.79 Å². The fourth-order valence-corrected chi connectivity index (χ4v) is 2.48. The van der Waals surface area contributed by atoms with E-state index in [0.717, 1.165) is 5.56 Å². The van der Waals surface area contributed by atoms with E-state index in [9.17, 15) is 9.90 Å². The minimum atomic E-state index is -0.421. The first-order chi connectivity index (χ1) is 9.38. The number of hydrogen-bond donors (Lipinski definition) is 3. The van der Waals surface area contributed by atoms with E-state index in [1.165, 1.54) is 0 Å². The Labute approximate surface area is 136 Å². The minimum Gasteiger partial charge on any atom is -0.392 e. The molecule has 1 fully saturated rings. The smallest absolute Gasteiger partial charge is 0.237 e. The first-order valence-corrected chi connectivity index (χ1v) is 7.21. The van der Waals surface area contributed by atoms with Gasteiger partial charge >= 0.3 is 0 Å². The number of hydrogen-bond acceptors (Lipinski definition) is 3. The molecule has 2 unspecified atom stereocenters. The number of β-amino-alcohol motifs (C(OH)–C–C–N with tert-alkyl or cyclic N) is 1. The Hall–Kier alpha value is -0.810. The second-order valence-corrected chi connectivity index (χ2v) is 6.40. The number of amides is 1. The van der Waals surface area contributed by atoms with E-state index in [4.69, 9.17) is 11.6 Å². The molecule has 1 heterocycles. The molecule has 1 aromatic carbocycles. The summed E-state index contributed by atoms with van der Waals surface area (Å²) in [4.78, 5) is 12.0. The predicted molar refractivity (Wildman–Crippen MR) is 87.2 cm³/mol. The lowest BCUT2D eigenvalue weighted by atomic mass is 9.84. The third kappa shape index (κ3) is 4.85. The summed E-state index contributed by atoms with van der Waals surface area (Å²) in [7, 11) is 0. The zero-order chi connectivity index (χ0) is 14.8. The van der Waals surface area contributed by atoms with Crippen LogP contribution in [0.25, 0.3) is 0 Å². The highest BCUT2D eigenvalue weighted by atomic mass is 35.5. The minimum absolute atomic E-state index is 0. The third-order valence-electron chi connectivity index (χ3n) is 3.75. The van der Waals surface area contributed by atoms with Gasteiger partial charge in [0, 0.05) is 23.5 Å². The van der Waals surface area contributed by atoms with Crippen molar-refractivity contribution in [3.05, 3.63) is 34.9 Å². The lowest BCUT2D eigenvalue weighted by Gasteiger charge is -2.26. The molecule has 0 radical (unpaired) electrons. The Morgan fingerprint density at radius 1 is 1.43 bits per heavy atom. The van der Waals surface area contributed by atoms with Gasteiger partial charge in [-0.25, -0.2) is 0 Å². The zero-order valence-corrected chi connectivity index (χ0v) is 13.8. The molecule has 4 nitrogen and oxygen atoms in total. The van der Waals surface area contributed by atoms with Gasteiger partial charge < -0.3 is 15.7 Å². The van der Waals surface area contributed by atoms with Crippen LogP contribution in [0.4, 0.5) is 0 Å².